The van der Waals surface area contributed by atoms with E-state index in [-0.39, 0.29) is 184 Å². The average molecular weight is 2120 g/mol. The number of ether oxygens (including phenoxy) is 9. The zero-order valence-corrected chi connectivity index (χ0v) is 96.8. The second-order valence-corrected chi connectivity index (χ2v) is 45.4. The first-order chi connectivity index (χ1) is 69.7. The van der Waals surface area contributed by atoms with E-state index in [4.69, 9.17) is 42.6 Å². The van der Waals surface area contributed by atoms with Crippen molar-refractivity contribution in [2.75, 3.05) is 209 Å². The number of esters is 9. The van der Waals surface area contributed by atoms with Crippen LogP contribution in [-0.2, 0) is 90.6 Å². The molecule has 25 nitrogen and oxygen atoms in total. The van der Waals surface area contributed by atoms with Crippen molar-refractivity contribution in [2.24, 2.45) is 29.6 Å². The van der Waals surface area contributed by atoms with Gasteiger partial charge in [0, 0.05) is 120 Å². The van der Waals surface area contributed by atoms with E-state index in [0.717, 1.165) is 60.9 Å². The maximum Gasteiger partial charge on any atom is 0.309 e. The summed E-state index contributed by atoms with van der Waals surface area (Å²) in [5.74, 6) is 3.33. The lowest BCUT2D eigenvalue weighted by Crippen LogP contribution is -2.42. The van der Waals surface area contributed by atoms with E-state index >= 15 is 0 Å². The van der Waals surface area contributed by atoms with E-state index in [1.165, 1.54) is 289 Å². The summed E-state index contributed by atoms with van der Waals surface area (Å²) in [7, 11) is 0. The standard InChI is InChI=1S/C113H214N6O19S5/c1-11-16-21-26-31-36-41-46-51-56-89-139-94-99(6)109(125)116-70-80-130-104(120)63-73-118(74-64-107(123)133-83-87-137-112(128)102(9)97-142-92-59-54-49-44-39-34-29-24-19-14-4)78-79-119(75-65-108(124)134-84-88-138-113(129)103(10)98-143-93-60-55-50-45-40-35-30-25-20-15-5)77-69-115-67-66-114-68-76-117(71-61-105(121)131-81-85-135-110(126)100(7)95-140-90-57-52-47-42-37-32-27-22-17-12-2)72-62-106(122)132-82-86-136-111(127)101(8)96-141-91-58-53-48-43-38-33-28-23-18-13-3/h99-103,114-115H,11-98H2,1-10H3,(H,116,125). The SMILES string of the molecule is CCCCCCCCCCCCSCC(C)C(=O)NCCOC(=O)CCN(CCC(=O)OCCOC(=O)C(C)CSCCCCCCCCCCCC)CCN(CCNCCNCCN(CCC(=O)OCCOC(=O)C(C)CSCCCCCCCCCCCC)CCC(=O)OCCOC(=O)C(C)CSCCCCCCCCCCCC)CCC(=O)OCCOC(=O)C(C)CSCCCCCCCCCCCC. The number of amides is 1. The van der Waals surface area contributed by atoms with E-state index < -0.39 is 29.8 Å². The number of rotatable bonds is 112. The number of carbonyl (C=O) groups is 10. The second kappa shape index (κ2) is 108. The number of nitrogens with zero attached hydrogens (tertiary/aromatic N) is 3. The molecule has 0 spiro atoms. The fourth-order valence-electron chi connectivity index (χ4n) is 16.2. The lowest BCUT2D eigenvalue weighted by atomic mass is 10.1. The molecule has 0 aromatic carbocycles. The summed E-state index contributed by atoms with van der Waals surface area (Å²) in [5.41, 5.74) is 0. The summed E-state index contributed by atoms with van der Waals surface area (Å²) in [4.78, 5) is 138. The van der Waals surface area contributed by atoms with Gasteiger partial charge in [0.05, 0.1) is 62.3 Å². The van der Waals surface area contributed by atoms with Gasteiger partial charge < -0.3 is 73.3 Å². The minimum atomic E-state index is -0.493. The quantitative estimate of drug-likeness (QED) is 0.0289. The second-order valence-electron chi connectivity index (χ2n) is 39.6. The van der Waals surface area contributed by atoms with Crippen molar-refractivity contribution in [3.05, 3.63) is 0 Å². The Morgan fingerprint density at radius 3 is 0.608 bits per heavy atom. The minimum absolute atomic E-state index is 0.00162. The largest absolute Gasteiger partial charge is 0.464 e. The lowest BCUT2D eigenvalue weighted by molar-refractivity contribution is -0.154. The number of nitrogens with one attached hydrogen (secondary N) is 3. The molecule has 0 aliphatic rings. The molecule has 0 aromatic heterocycles. The van der Waals surface area contributed by atoms with Crippen molar-refractivity contribution < 1.29 is 90.6 Å². The van der Waals surface area contributed by atoms with Crippen LogP contribution in [0.5, 0.6) is 0 Å². The summed E-state index contributed by atoms with van der Waals surface area (Å²) >= 11 is 8.89. The highest BCUT2D eigenvalue weighted by Crippen LogP contribution is 2.23. The third-order valence-corrected chi connectivity index (χ3v) is 32.3. The van der Waals surface area contributed by atoms with Crippen molar-refractivity contribution in [2.45, 2.75) is 422 Å². The van der Waals surface area contributed by atoms with E-state index in [2.05, 4.69) is 55.5 Å². The smallest absolute Gasteiger partial charge is 0.309 e. The zero-order valence-electron chi connectivity index (χ0n) is 92.8. The Morgan fingerprint density at radius 2 is 0.385 bits per heavy atom. The summed E-state index contributed by atoms with van der Waals surface area (Å²) < 4.78 is 50.1. The highest BCUT2D eigenvalue weighted by Gasteiger charge is 2.23. The van der Waals surface area contributed by atoms with Crippen LogP contribution in [0.1, 0.15) is 422 Å². The Balaban J connectivity index is 6.29. The molecule has 0 heterocycles. The van der Waals surface area contributed by atoms with Gasteiger partial charge in [0.1, 0.15) is 59.5 Å². The molecule has 5 atom stereocenters. The molecule has 0 aliphatic carbocycles. The topological polar surface area (TPSA) is 300 Å². The van der Waals surface area contributed by atoms with Crippen molar-refractivity contribution in [1.29, 1.82) is 0 Å². The van der Waals surface area contributed by atoms with Crippen molar-refractivity contribution >= 4 is 118 Å². The number of carbonyl (C=O) groups excluding carboxylic acids is 10. The molecule has 0 saturated heterocycles. The first-order valence-corrected chi connectivity index (χ1v) is 63.7. The fourth-order valence-corrected chi connectivity index (χ4v) is 21.5. The van der Waals surface area contributed by atoms with Crippen LogP contribution >= 0.6 is 58.8 Å². The molecule has 0 rings (SSSR count). The Bertz CT molecular complexity index is 2820. The van der Waals surface area contributed by atoms with Crippen molar-refractivity contribution in [3.8, 4) is 0 Å². The molecule has 0 aromatic rings. The van der Waals surface area contributed by atoms with Gasteiger partial charge in [0.2, 0.25) is 5.91 Å². The molecule has 0 aliphatic heterocycles. The molecular formula is C113H214N6O19S5. The molecule has 0 fully saturated rings. The first kappa shape index (κ1) is 139. The van der Waals surface area contributed by atoms with Gasteiger partial charge >= 0.3 is 53.7 Å². The molecule has 0 bridgehead atoms. The third-order valence-electron chi connectivity index (χ3n) is 25.7. The maximum atomic E-state index is 13.5. The van der Waals surface area contributed by atoms with E-state index in [1.807, 2.05) is 44.4 Å². The number of unbranched alkanes of at least 4 members (excludes halogenated alkanes) is 45. The zero-order chi connectivity index (χ0) is 105. The lowest BCUT2D eigenvalue weighted by Gasteiger charge is -2.27. The monoisotopic (exact) mass is 2120 g/mol. The summed E-state index contributed by atoms with van der Waals surface area (Å²) in [6, 6.07) is 0. The highest BCUT2D eigenvalue weighted by molar-refractivity contribution is 8.00. The van der Waals surface area contributed by atoms with Gasteiger partial charge in [0.15, 0.2) is 0 Å². The molecular weight excluding hydrogens is 1910 g/mol. The number of hydrogen-bond donors (Lipinski definition) is 3. The van der Waals surface area contributed by atoms with Crippen molar-refractivity contribution in [1.82, 2.24) is 30.7 Å². The normalized spacial score (nSPS) is 12.6. The van der Waals surface area contributed by atoms with Crippen LogP contribution in [0.4, 0.5) is 0 Å². The van der Waals surface area contributed by atoms with Gasteiger partial charge in [-0.25, -0.2) is 0 Å². The molecule has 3 N–H and O–H groups in total. The van der Waals surface area contributed by atoms with Gasteiger partial charge in [-0.05, 0) is 60.9 Å². The van der Waals surface area contributed by atoms with Crippen molar-refractivity contribution in [3.63, 3.8) is 0 Å². The molecule has 30 heteroatoms. The first-order valence-electron chi connectivity index (χ1n) is 57.9. The maximum absolute atomic E-state index is 13.5. The molecule has 840 valence electrons. The Labute approximate surface area is 894 Å². The van der Waals surface area contributed by atoms with E-state index in [0.29, 0.717) is 87.7 Å². The summed E-state index contributed by atoms with van der Waals surface area (Å²) in [6.07, 6.45) is 63.9. The molecule has 143 heavy (non-hydrogen) atoms. The van der Waals surface area contributed by atoms with Crippen LogP contribution in [0.15, 0.2) is 0 Å². The van der Waals surface area contributed by atoms with Gasteiger partial charge in [-0.15, -0.1) is 0 Å². The van der Waals surface area contributed by atoms with E-state index in [1.54, 1.807) is 58.8 Å². The Morgan fingerprint density at radius 1 is 0.203 bits per heavy atom. The molecule has 0 radical (unpaired) electrons. The summed E-state index contributed by atoms with van der Waals surface area (Å²) in [5, 5.41) is 9.94. The average Bonchev–Trinajstić information content (AvgIpc) is 1.15. The van der Waals surface area contributed by atoms with Gasteiger partial charge in [0.25, 0.3) is 0 Å². The van der Waals surface area contributed by atoms with Crippen LogP contribution in [0.3, 0.4) is 0 Å². The van der Waals surface area contributed by atoms with Crippen LogP contribution in [0.2, 0.25) is 0 Å². The fraction of sp³-hybridized carbons (Fsp3) is 0.912. The van der Waals surface area contributed by atoms with Gasteiger partial charge in [-0.3, -0.25) is 47.9 Å². The highest BCUT2D eigenvalue weighted by atomic mass is 32.2. The van der Waals surface area contributed by atoms with Crippen LogP contribution in [0, 0.1) is 29.6 Å². The molecule has 1 amide bonds. The molecule has 5 unspecified atom stereocenters. The Kier molecular flexibility index (Phi) is 105. The van der Waals surface area contributed by atoms with Gasteiger partial charge in [-0.1, -0.05) is 358 Å². The predicted molar refractivity (Wildman–Crippen MR) is 601 cm³/mol. The number of thioether (sulfide) groups is 5. The van der Waals surface area contributed by atoms with Gasteiger partial charge in [-0.2, -0.15) is 58.8 Å². The van der Waals surface area contributed by atoms with Crippen LogP contribution in [0.25, 0.3) is 0 Å². The summed E-state index contributed by atoms with van der Waals surface area (Å²) in [6.45, 7) is 25.5. The van der Waals surface area contributed by atoms with E-state index in [9.17, 15) is 47.9 Å². The molecule has 0 saturated carbocycles. The minimum Gasteiger partial charge on any atom is -0.464 e. The Hall–Kier alpha value is -3.75. The third kappa shape index (κ3) is 97.5. The number of hydrogen-bond acceptors (Lipinski definition) is 29. The van der Waals surface area contributed by atoms with Crippen LogP contribution in [-0.4, -0.2) is 283 Å². The predicted octanol–water partition coefficient (Wildman–Crippen LogP) is 24.5. The van der Waals surface area contributed by atoms with Crippen LogP contribution < -0.4 is 16.0 Å².